The molecule has 1 saturated carbocycles. The number of ketones is 1. The Morgan fingerprint density at radius 1 is 1.33 bits per heavy atom. The van der Waals surface area contributed by atoms with Gasteiger partial charge in [0.2, 0.25) is 0 Å². The first kappa shape index (κ1) is 12.7. The van der Waals surface area contributed by atoms with E-state index in [-0.39, 0.29) is 11.9 Å². The van der Waals surface area contributed by atoms with Crippen LogP contribution in [0.15, 0.2) is 0 Å². The first-order valence-electron chi connectivity index (χ1n) is 6.24. The second-order valence-corrected chi connectivity index (χ2v) is 4.85. The Morgan fingerprint density at radius 3 is 2.53 bits per heavy atom. The van der Waals surface area contributed by atoms with Gasteiger partial charge < -0.3 is 4.74 Å². The van der Waals surface area contributed by atoms with Crippen LogP contribution in [0.2, 0.25) is 0 Å². The highest BCUT2D eigenvalue weighted by Gasteiger charge is 2.16. The van der Waals surface area contributed by atoms with Crippen molar-refractivity contribution in [2.75, 3.05) is 7.11 Å². The minimum absolute atomic E-state index is 0.157. The zero-order valence-corrected chi connectivity index (χ0v) is 10.1. The van der Waals surface area contributed by atoms with Crippen molar-refractivity contribution in [2.24, 2.45) is 5.92 Å². The SMILES string of the molecule is COC(CCC1CCCCC1)CC(C)=O. The van der Waals surface area contributed by atoms with E-state index in [1.54, 1.807) is 14.0 Å². The fourth-order valence-corrected chi connectivity index (χ4v) is 2.52. The Kier molecular flexibility index (Phi) is 5.92. The van der Waals surface area contributed by atoms with Gasteiger partial charge in [-0.3, -0.25) is 4.79 Å². The lowest BCUT2D eigenvalue weighted by Gasteiger charge is -2.23. The molecule has 0 bridgehead atoms. The third-order valence-electron chi connectivity index (χ3n) is 3.47. The van der Waals surface area contributed by atoms with Gasteiger partial charge in [0.1, 0.15) is 5.78 Å². The number of methoxy groups -OCH3 is 1. The molecule has 0 aromatic rings. The lowest BCUT2D eigenvalue weighted by Crippen LogP contribution is -2.17. The monoisotopic (exact) mass is 212 g/mol. The van der Waals surface area contributed by atoms with Crippen molar-refractivity contribution in [2.45, 2.75) is 64.4 Å². The Morgan fingerprint density at radius 2 is 2.00 bits per heavy atom. The van der Waals surface area contributed by atoms with Crippen molar-refractivity contribution in [3.8, 4) is 0 Å². The van der Waals surface area contributed by atoms with Crippen molar-refractivity contribution in [1.82, 2.24) is 0 Å². The molecular weight excluding hydrogens is 188 g/mol. The highest BCUT2D eigenvalue weighted by molar-refractivity contribution is 5.75. The first-order valence-corrected chi connectivity index (χ1v) is 6.24. The standard InChI is InChI=1S/C13H24O2/c1-11(14)10-13(15-2)9-8-12-6-4-3-5-7-12/h12-13H,3-10H2,1-2H3. The van der Waals surface area contributed by atoms with Gasteiger partial charge in [-0.2, -0.15) is 0 Å². The summed E-state index contributed by atoms with van der Waals surface area (Å²) in [5, 5.41) is 0. The number of Topliss-reactive ketones (excluding diaryl/α,β-unsaturated/α-hetero) is 1. The molecule has 1 unspecified atom stereocenters. The summed E-state index contributed by atoms with van der Waals surface area (Å²) in [5.74, 6) is 1.13. The Labute approximate surface area is 93.4 Å². The van der Waals surface area contributed by atoms with Gasteiger partial charge in [0, 0.05) is 13.5 Å². The number of hydrogen-bond donors (Lipinski definition) is 0. The maximum absolute atomic E-state index is 11.0. The molecular formula is C13H24O2. The summed E-state index contributed by atoms with van der Waals surface area (Å²) in [5.41, 5.74) is 0. The molecule has 0 aromatic carbocycles. The Balaban J connectivity index is 2.17. The number of carbonyl (C=O) groups excluding carboxylic acids is 1. The van der Waals surface area contributed by atoms with Crippen LogP contribution < -0.4 is 0 Å². The molecule has 1 rings (SSSR count). The summed E-state index contributed by atoms with van der Waals surface area (Å²) in [6, 6.07) is 0. The van der Waals surface area contributed by atoms with Gasteiger partial charge >= 0.3 is 0 Å². The highest BCUT2D eigenvalue weighted by Crippen LogP contribution is 2.28. The summed E-state index contributed by atoms with van der Waals surface area (Å²) >= 11 is 0. The molecule has 2 heteroatoms. The average Bonchev–Trinajstić information content (AvgIpc) is 2.25. The van der Waals surface area contributed by atoms with Gasteiger partial charge in [-0.25, -0.2) is 0 Å². The Bertz CT molecular complexity index is 183. The summed E-state index contributed by atoms with van der Waals surface area (Å²) in [6.45, 7) is 1.65. The zero-order chi connectivity index (χ0) is 11.1. The van der Waals surface area contributed by atoms with Gasteiger partial charge in [0.15, 0.2) is 0 Å². The molecule has 1 aliphatic rings. The lowest BCUT2D eigenvalue weighted by molar-refractivity contribution is -0.119. The maximum Gasteiger partial charge on any atom is 0.132 e. The Hall–Kier alpha value is -0.370. The van der Waals surface area contributed by atoms with Gasteiger partial charge in [-0.15, -0.1) is 0 Å². The topological polar surface area (TPSA) is 26.3 Å². The summed E-state index contributed by atoms with van der Waals surface area (Å²) < 4.78 is 5.33. The molecule has 0 spiro atoms. The zero-order valence-electron chi connectivity index (χ0n) is 10.1. The van der Waals surface area contributed by atoms with E-state index in [9.17, 15) is 4.79 Å². The van der Waals surface area contributed by atoms with Gasteiger partial charge in [0.25, 0.3) is 0 Å². The lowest BCUT2D eigenvalue weighted by atomic mass is 9.85. The van der Waals surface area contributed by atoms with Crippen LogP contribution in [0.1, 0.15) is 58.3 Å². The predicted molar refractivity (Wildman–Crippen MR) is 61.9 cm³/mol. The summed E-state index contributed by atoms with van der Waals surface area (Å²) in [4.78, 5) is 11.0. The second kappa shape index (κ2) is 7.00. The molecule has 2 nitrogen and oxygen atoms in total. The van der Waals surface area contributed by atoms with E-state index in [2.05, 4.69) is 0 Å². The van der Waals surface area contributed by atoms with Crippen molar-refractivity contribution >= 4 is 5.78 Å². The van der Waals surface area contributed by atoms with E-state index < -0.39 is 0 Å². The minimum Gasteiger partial charge on any atom is -0.381 e. The summed E-state index contributed by atoms with van der Waals surface area (Å²) in [6.07, 6.45) is 10.0. The molecule has 15 heavy (non-hydrogen) atoms. The smallest absolute Gasteiger partial charge is 0.132 e. The second-order valence-electron chi connectivity index (χ2n) is 4.85. The number of hydrogen-bond acceptors (Lipinski definition) is 2. The first-order chi connectivity index (χ1) is 7.22. The van der Waals surface area contributed by atoms with Gasteiger partial charge in [-0.05, 0) is 25.7 Å². The van der Waals surface area contributed by atoms with Crippen molar-refractivity contribution < 1.29 is 9.53 Å². The van der Waals surface area contributed by atoms with Gasteiger partial charge in [-0.1, -0.05) is 32.1 Å². The third-order valence-corrected chi connectivity index (χ3v) is 3.47. The fourth-order valence-electron chi connectivity index (χ4n) is 2.52. The molecule has 0 N–H and O–H groups in total. The molecule has 0 aromatic heterocycles. The maximum atomic E-state index is 11.0. The number of rotatable bonds is 6. The normalized spacial score (nSPS) is 20.1. The van der Waals surface area contributed by atoms with Gasteiger partial charge in [0.05, 0.1) is 6.10 Å². The molecule has 1 fully saturated rings. The van der Waals surface area contributed by atoms with Crippen LogP contribution in [0.25, 0.3) is 0 Å². The molecule has 0 heterocycles. The highest BCUT2D eigenvalue weighted by atomic mass is 16.5. The number of carbonyl (C=O) groups is 1. The van der Waals surface area contributed by atoms with Crippen molar-refractivity contribution in [3.63, 3.8) is 0 Å². The molecule has 0 amide bonds. The molecule has 88 valence electrons. The van der Waals surface area contributed by atoms with E-state index >= 15 is 0 Å². The fraction of sp³-hybridized carbons (Fsp3) is 0.923. The van der Waals surface area contributed by atoms with E-state index in [0.29, 0.717) is 6.42 Å². The third kappa shape index (κ3) is 5.31. The van der Waals surface area contributed by atoms with Crippen LogP contribution >= 0.6 is 0 Å². The van der Waals surface area contributed by atoms with Crippen LogP contribution in [0, 0.1) is 5.92 Å². The molecule has 0 saturated heterocycles. The van der Waals surface area contributed by atoms with E-state index in [1.807, 2.05) is 0 Å². The van der Waals surface area contributed by atoms with E-state index in [0.717, 1.165) is 12.3 Å². The van der Waals surface area contributed by atoms with Crippen LogP contribution in [0.4, 0.5) is 0 Å². The molecule has 1 aliphatic carbocycles. The molecule has 0 aliphatic heterocycles. The van der Waals surface area contributed by atoms with Crippen molar-refractivity contribution in [3.05, 3.63) is 0 Å². The van der Waals surface area contributed by atoms with Crippen molar-refractivity contribution in [1.29, 1.82) is 0 Å². The van der Waals surface area contributed by atoms with Crippen LogP contribution in [-0.4, -0.2) is 19.0 Å². The molecule has 1 atom stereocenters. The summed E-state index contributed by atoms with van der Waals surface area (Å²) in [7, 11) is 1.72. The van der Waals surface area contributed by atoms with Crippen LogP contribution in [-0.2, 0) is 9.53 Å². The van der Waals surface area contributed by atoms with E-state index in [1.165, 1.54) is 38.5 Å². The predicted octanol–water partition coefficient (Wildman–Crippen LogP) is 3.34. The largest absolute Gasteiger partial charge is 0.381 e. The quantitative estimate of drug-likeness (QED) is 0.675. The minimum atomic E-state index is 0.157. The average molecular weight is 212 g/mol. The van der Waals surface area contributed by atoms with E-state index in [4.69, 9.17) is 4.74 Å². The number of ether oxygens (including phenoxy) is 1. The molecule has 0 radical (unpaired) electrons. The van der Waals surface area contributed by atoms with Crippen LogP contribution in [0.3, 0.4) is 0 Å². The van der Waals surface area contributed by atoms with Crippen LogP contribution in [0.5, 0.6) is 0 Å².